The molecule has 2 heterocycles. The van der Waals surface area contributed by atoms with E-state index in [-0.39, 0.29) is 22.5 Å². The maximum absolute atomic E-state index is 12.9. The van der Waals surface area contributed by atoms with Gasteiger partial charge < -0.3 is 0 Å². The summed E-state index contributed by atoms with van der Waals surface area (Å²) in [6.45, 7) is 3.77. The summed E-state index contributed by atoms with van der Waals surface area (Å²) in [4.78, 5) is 19.1. The second-order valence-corrected chi connectivity index (χ2v) is 9.60. The third-order valence-electron chi connectivity index (χ3n) is 4.41. The Morgan fingerprint density at radius 2 is 1.84 bits per heavy atom. The molecule has 0 radical (unpaired) electrons. The van der Waals surface area contributed by atoms with Crippen molar-refractivity contribution in [3.8, 4) is 0 Å². The SMILES string of the molecule is C=CCN1C(=O)/C(=C/c2ccc3ccccc3n2)SC1=NS(=O)(=O)c1ccc(Cl)cc1. The van der Waals surface area contributed by atoms with Gasteiger partial charge in [0.05, 0.1) is 21.0 Å². The summed E-state index contributed by atoms with van der Waals surface area (Å²) in [6, 6.07) is 17.1. The van der Waals surface area contributed by atoms with E-state index in [9.17, 15) is 13.2 Å². The van der Waals surface area contributed by atoms with Crippen molar-refractivity contribution in [2.75, 3.05) is 6.54 Å². The van der Waals surface area contributed by atoms with E-state index >= 15 is 0 Å². The Morgan fingerprint density at radius 3 is 2.58 bits per heavy atom. The summed E-state index contributed by atoms with van der Waals surface area (Å²) < 4.78 is 29.4. The molecule has 0 N–H and O–H groups in total. The average Bonchev–Trinajstić information content (AvgIpc) is 3.02. The standard InChI is InChI=1S/C22H16ClN3O3S2/c1-2-13-26-21(27)20(14-17-10-7-15-5-3-4-6-19(15)24-17)30-22(26)25-31(28,29)18-11-8-16(23)9-12-18/h2-12,14H,1,13H2/b20-14-,25-22?. The van der Waals surface area contributed by atoms with E-state index in [0.29, 0.717) is 15.6 Å². The molecule has 6 nitrogen and oxygen atoms in total. The monoisotopic (exact) mass is 469 g/mol. The maximum Gasteiger partial charge on any atom is 0.284 e. The lowest BCUT2D eigenvalue weighted by molar-refractivity contribution is -0.121. The van der Waals surface area contributed by atoms with Crippen molar-refractivity contribution in [3.63, 3.8) is 0 Å². The first-order valence-corrected chi connectivity index (χ1v) is 11.8. The van der Waals surface area contributed by atoms with E-state index in [1.165, 1.54) is 35.2 Å². The van der Waals surface area contributed by atoms with Gasteiger partial charge >= 0.3 is 0 Å². The number of carbonyl (C=O) groups excluding carboxylic acids is 1. The van der Waals surface area contributed by atoms with E-state index in [1.54, 1.807) is 12.1 Å². The zero-order valence-electron chi connectivity index (χ0n) is 16.1. The van der Waals surface area contributed by atoms with Crippen LogP contribution in [0.2, 0.25) is 5.02 Å². The van der Waals surface area contributed by atoms with Gasteiger partial charge in [-0.05, 0) is 54.2 Å². The molecule has 0 saturated carbocycles. The van der Waals surface area contributed by atoms with Crippen LogP contribution in [0.5, 0.6) is 0 Å². The number of hydrogen-bond donors (Lipinski definition) is 0. The lowest BCUT2D eigenvalue weighted by Gasteiger charge is -2.12. The van der Waals surface area contributed by atoms with E-state index in [1.807, 2.05) is 30.3 Å². The smallest absolute Gasteiger partial charge is 0.282 e. The molecule has 0 unspecified atom stereocenters. The summed E-state index contributed by atoms with van der Waals surface area (Å²) in [5.74, 6) is -0.357. The number of para-hydroxylation sites is 1. The molecule has 1 aliphatic heterocycles. The number of benzene rings is 2. The van der Waals surface area contributed by atoms with Crippen LogP contribution < -0.4 is 0 Å². The number of sulfonamides is 1. The number of nitrogens with zero attached hydrogens (tertiary/aromatic N) is 3. The summed E-state index contributed by atoms with van der Waals surface area (Å²) in [6.07, 6.45) is 3.15. The first-order valence-electron chi connectivity index (χ1n) is 9.16. The van der Waals surface area contributed by atoms with Crippen LogP contribution in [0.1, 0.15) is 5.69 Å². The minimum Gasteiger partial charge on any atom is -0.282 e. The van der Waals surface area contributed by atoms with Crippen molar-refractivity contribution in [1.29, 1.82) is 0 Å². The fourth-order valence-electron chi connectivity index (χ4n) is 2.92. The predicted molar refractivity (Wildman–Crippen MR) is 125 cm³/mol. The van der Waals surface area contributed by atoms with Crippen LogP contribution in [0.4, 0.5) is 0 Å². The molecule has 1 aliphatic rings. The highest BCUT2D eigenvalue weighted by molar-refractivity contribution is 8.19. The first-order chi connectivity index (χ1) is 14.9. The van der Waals surface area contributed by atoms with Gasteiger partial charge in [0.1, 0.15) is 0 Å². The second-order valence-electron chi connectivity index (χ2n) is 6.55. The third kappa shape index (κ3) is 4.56. The van der Waals surface area contributed by atoms with Gasteiger partial charge in [-0.3, -0.25) is 9.69 Å². The van der Waals surface area contributed by atoms with E-state index < -0.39 is 10.0 Å². The van der Waals surface area contributed by atoms with Crippen LogP contribution in [0, 0.1) is 0 Å². The molecular formula is C22H16ClN3O3S2. The van der Waals surface area contributed by atoms with Crippen LogP contribution in [0.25, 0.3) is 17.0 Å². The molecule has 1 aromatic heterocycles. The number of fused-ring (bicyclic) bond motifs is 1. The topological polar surface area (TPSA) is 79.7 Å². The summed E-state index contributed by atoms with van der Waals surface area (Å²) in [7, 11) is -4.02. The largest absolute Gasteiger partial charge is 0.284 e. The van der Waals surface area contributed by atoms with Crippen LogP contribution in [0.15, 0.2) is 87.5 Å². The average molecular weight is 470 g/mol. The molecule has 2 aromatic carbocycles. The third-order valence-corrected chi connectivity index (χ3v) is 7.06. The van der Waals surface area contributed by atoms with Crippen molar-refractivity contribution in [1.82, 2.24) is 9.88 Å². The normalized spacial score (nSPS) is 17.1. The first kappa shape index (κ1) is 21.3. The molecule has 0 atom stereocenters. The van der Waals surface area contributed by atoms with Crippen LogP contribution in [-0.4, -0.2) is 35.9 Å². The molecule has 0 spiro atoms. The number of amides is 1. The molecule has 1 amide bonds. The fourth-order valence-corrected chi connectivity index (χ4v) is 5.23. The summed E-state index contributed by atoms with van der Waals surface area (Å²) >= 11 is 6.82. The van der Waals surface area contributed by atoms with Crippen molar-refractivity contribution >= 4 is 61.4 Å². The molecule has 3 aromatic rings. The molecule has 31 heavy (non-hydrogen) atoms. The number of hydrogen-bond acceptors (Lipinski definition) is 5. The molecule has 9 heteroatoms. The highest BCUT2D eigenvalue weighted by Gasteiger charge is 2.34. The minimum atomic E-state index is -4.02. The fraction of sp³-hybridized carbons (Fsp3) is 0.0455. The molecular weight excluding hydrogens is 454 g/mol. The Morgan fingerprint density at radius 1 is 1.10 bits per heavy atom. The van der Waals surface area contributed by atoms with Crippen LogP contribution in [-0.2, 0) is 14.8 Å². The number of carbonyl (C=O) groups is 1. The number of amidine groups is 1. The highest BCUT2D eigenvalue weighted by atomic mass is 35.5. The van der Waals surface area contributed by atoms with Crippen molar-refractivity contribution in [3.05, 3.63) is 88.9 Å². The zero-order chi connectivity index (χ0) is 22.0. The van der Waals surface area contributed by atoms with Crippen LogP contribution >= 0.6 is 23.4 Å². The molecule has 1 fully saturated rings. The quantitative estimate of drug-likeness (QED) is 0.398. The van der Waals surface area contributed by atoms with Gasteiger partial charge in [0.25, 0.3) is 15.9 Å². The van der Waals surface area contributed by atoms with E-state index in [2.05, 4.69) is 16.0 Å². The molecule has 0 aliphatic carbocycles. The van der Waals surface area contributed by atoms with Gasteiger partial charge in [-0.2, -0.15) is 8.42 Å². The number of aromatic nitrogens is 1. The Kier molecular flexibility index (Phi) is 5.95. The van der Waals surface area contributed by atoms with Crippen molar-refractivity contribution < 1.29 is 13.2 Å². The molecule has 4 rings (SSSR count). The number of halogens is 1. The number of rotatable bonds is 5. The number of thioether (sulfide) groups is 1. The minimum absolute atomic E-state index is 0.00960. The van der Waals surface area contributed by atoms with Gasteiger partial charge in [-0.15, -0.1) is 11.0 Å². The Labute approximate surface area is 189 Å². The summed E-state index contributed by atoms with van der Waals surface area (Å²) in [5, 5.41) is 1.46. The van der Waals surface area contributed by atoms with Gasteiger partial charge in [0, 0.05) is 17.0 Å². The lowest BCUT2D eigenvalue weighted by atomic mass is 10.2. The van der Waals surface area contributed by atoms with Gasteiger partial charge in [-0.1, -0.05) is 41.9 Å². The van der Waals surface area contributed by atoms with E-state index in [4.69, 9.17) is 11.6 Å². The molecule has 0 bridgehead atoms. The molecule has 156 valence electrons. The molecule has 1 saturated heterocycles. The van der Waals surface area contributed by atoms with Crippen LogP contribution in [0.3, 0.4) is 0 Å². The highest BCUT2D eigenvalue weighted by Crippen LogP contribution is 2.33. The maximum atomic E-state index is 12.9. The van der Waals surface area contributed by atoms with Gasteiger partial charge in [0.2, 0.25) is 0 Å². The lowest BCUT2D eigenvalue weighted by Crippen LogP contribution is -2.29. The van der Waals surface area contributed by atoms with Crippen molar-refractivity contribution in [2.24, 2.45) is 4.40 Å². The van der Waals surface area contributed by atoms with Gasteiger partial charge in [-0.25, -0.2) is 4.98 Å². The number of pyridine rings is 1. The zero-order valence-corrected chi connectivity index (χ0v) is 18.5. The van der Waals surface area contributed by atoms with Gasteiger partial charge in [0.15, 0.2) is 5.17 Å². The Hall–Kier alpha value is -2.94. The second kappa shape index (κ2) is 8.66. The Bertz CT molecular complexity index is 1350. The van der Waals surface area contributed by atoms with Crippen molar-refractivity contribution in [2.45, 2.75) is 4.90 Å². The Balaban J connectivity index is 1.71. The van der Waals surface area contributed by atoms with E-state index in [0.717, 1.165) is 22.7 Å². The summed E-state index contributed by atoms with van der Waals surface area (Å²) in [5.41, 5.74) is 1.39. The predicted octanol–water partition coefficient (Wildman–Crippen LogP) is 4.74.